The lowest BCUT2D eigenvalue weighted by Gasteiger charge is -2.09. The number of methoxy groups -OCH3 is 1. The van der Waals surface area contributed by atoms with Crippen molar-refractivity contribution in [2.45, 2.75) is 6.54 Å². The van der Waals surface area contributed by atoms with Crippen molar-refractivity contribution in [3.05, 3.63) is 50.8 Å². The number of anilines is 1. The lowest BCUT2D eigenvalue weighted by atomic mass is 10.2. The van der Waals surface area contributed by atoms with Gasteiger partial charge >= 0.3 is 5.97 Å². The number of hydrogen-bond acceptors (Lipinski definition) is 4. The molecule has 0 aliphatic carbocycles. The van der Waals surface area contributed by atoms with Crippen LogP contribution in [0.25, 0.3) is 0 Å². The molecule has 1 aromatic carbocycles. The SMILES string of the molecule is COC(=O)c1ccccc1NCc1cc(Br)c(Br)o1. The summed E-state index contributed by atoms with van der Waals surface area (Å²) in [6.45, 7) is 0.470. The fraction of sp³-hybridized carbons (Fsp3) is 0.154. The Bertz CT molecular complexity index is 576. The van der Waals surface area contributed by atoms with Crippen molar-refractivity contribution in [1.29, 1.82) is 0 Å². The maximum Gasteiger partial charge on any atom is 0.339 e. The number of carbonyl (C=O) groups excluding carboxylic acids is 1. The molecule has 0 spiro atoms. The molecule has 0 radical (unpaired) electrons. The predicted molar refractivity (Wildman–Crippen MR) is 79.2 cm³/mol. The van der Waals surface area contributed by atoms with E-state index in [9.17, 15) is 4.79 Å². The van der Waals surface area contributed by atoms with Gasteiger partial charge < -0.3 is 14.5 Å². The van der Waals surface area contributed by atoms with Crippen LogP contribution in [0.3, 0.4) is 0 Å². The summed E-state index contributed by atoms with van der Waals surface area (Å²) >= 11 is 6.62. The second kappa shape index (κ2) is 6.25. The molecule has 1 N–H and O–H groups in total. The van der Waals surface area contributed by atoms with Crippen LogP contribution < -0.4 is 5.32 Å². The third-order valence-corrected chi connectivity index (χ3v) is 4.19. The number of benzene rings is 1. The zero-order valence-electron chi connectivity index (χ0n) is 10.1. The lowest BCUT2D eigenvalue weighted by Crippen LogP contribution is -2.07. The first-order valence-corrected chi connectivity index (χ1v) is 7.05. The summed E-state index contributed by atoms with van der Waals surface area (Å²) in [5.74, 6) is 0.378. The minimum absolute atomic E-state index is 0.370. The van der Waals surface area contributed by atoms with Crippen molar-refractivity contribution in [1.82, 2.24) is 0 Å². The standard InChI is InChI=1S/C13H11Br2NO3/c1-18-13(17)9-4-2-3-5-11(9)16-7-8-6-10(14)12(15)19-8/h2-6,16H,7H2,1H3. The van der Waals surface area contributed by atoms with Gasteiger partial charge in [0.05, 0.1) is 23.7 Å². The van der Waals surface area contributed by atoms with E-state index in [1.54, 1.807) is 12.1 Å². The van der Waals surface area contributed by atoms with E-state index < -0.39 is 0 Å². The lowest BCUT2D eigenvalue weighted by molar-refractivity contribution is 0.0602. The number of para-hydroxylation sites is 1. The first kappa shape index (κ1) is 14.1. The molecule has 2 rings (SSSR count). The Labute approximate surface area is 127 Å². The summed E-state index contributed by atoms with van der Waals surface area (Å²) in [4.78, 5) is 11.6. The highest BCUT2D eigenvalue weighted by Crippen LogP contribution is 2.27. The minimum atomic E-state index is -0.370. The fourth-order valence-electron chi connectivity index (χ4n) is 1.59. The third kappa shape index (κ3) is 3.39. The quantitative estimate of drug-likeness (QED) is 0.797. The maximum atomic E-state index is 11.6. The summed E-state index contributed by atoms with van der Waals surface area (Å²) in [6, 6.07) is 9.03. The zero-order chi connectivity index (χ0) is 13.8. The number of halogens is 2. The smallest absolute Gasteiger partial charge is 0.339 e. The number of carbonyl (C=O) groups is 1. The monoisotopic (exact) mass is 387 g/mol. The van der Waals surface area contributed by atoms with E-state index in [4.69, 9.17) is 9.15 Å². The topological polar surface area (TPSA) is 51.5 Å². The molecule has 100 valence electrons. The van der Waals surface area contributed by atoms with Crippen LogP contribution in [0.5, 0.6) is 0 Å². The van der Waals surface area contributed by atoms with Gasteiger partial charge in [-0.15, -0.1) is 0 Å². The van der Waals surface area contributed by atoms with Crippen LogP contribution in [-0.2, 0) is 11.3 Å². The molecular formula is C13H11Br2NO3. The first-order chi connectivity index (χ1) is 9.11. The Morgan fingerprint density at radius 1 is 1.37 bits per heavy atom. The zero-order valence-corrected chi connectivity index (χ0v) is 13.2. The van der Waals surface area contributed by atoms with E-state index >= 15 is 0 Å². The van der Waals surface area contributed by atoms with E-state index in [1.807, 2.05) is 18.2 Å². The molecule has 0 amide bonds. The molecule has 0 aliphatic heterocycles. The molecular weight excluding hydrogens is 378 g/mol. The molecule has 1 heterocycles. The van der Waals surface area contributed by atoms with E-state index in [2.05, 4.69) is 37.2 Å². The Hall–Kier alpha value is -1.27. The summed E-state index contributed by atoms with van der Waals surface area (Å²) < 4.78 is 11.7. The molecule has 0 unspecified atom stereocenters. The van der Waals surface area contributed by atoms with Crippen LogP contribution in [-0.4, -0.2) is 13.1 Å². The maximum absolute atomic E-state index is 11.6. The van der Waals surface area contributed by atoms with Gasteiger partial charge in [0, 0.05) is 5.69 Å². The largest absolute Gasteiger partial charge is 0.465 e. The molecule has 4 nitrogen and oxygen atoms in total. The number of hydrogen-bond donors (Lipinski definition) is 1. The number of ether oxygens (including phenoxy) is 1. The normalized spacial score (nSPS) is 10.3. The first-order valence-electron chi connectivity index (χ1n) is 5.46. The van der Waals surface area contributed by atoms with Crippen LogP contribution in [0, 0.1) is 0 Å². The van der Waals surface area contributed by atoms with Crippen molar-refractivity contribution < 1.29 is 13.9 Å². The van der Waals surface area contributed by atoms with Crippen molar-refractivity contribution in [3.63, 3.8) is 0 Å². The van der Waals surface area contributed by atoms with Crippen LogP contribution in [0.15, 0.2) is 43.9 Å². The van der Waals surface area contributed by atoms with Crippen molar-refractivity contribution in [2.75, 3.05) is 12.4 Å². The van der Waals surface area contributed by atoms with Crippen LogP contribution in [0.4, 0.5) is 5.69 Å². The minimum Gasteiger partial charge on any atom is -0.465 e. The molecule has 0 aliphatic rings. The second-order valence-corrected chi connectivity index (χ2v) is 5.30. The molecule has 0 bridgehead atoms. The number of rotatable bonds is 4. The average molecular weight is 389 g/mol. The van der Waals surface area contributed by atoms with Crippen molar-refractivity contribution in [2.24, 2.45) is 0 Å². The van der Waals surface area contributed by atoms with E-state index in [0.717, 1.165) is 10.2 Å². The summed E-state index contributed by atoms with van der Waals surface area (Å²) in [5.41, 5.74) is 1.20. The highest BCUT2D eigenvalue weighted by atomic mass is 79.9. The third-order valence-electron chi connectivity index (χ3n) is 2.48. The van der Waals surface area contributed by atoms with Crippen molar-refractivity contribution in [3.8, 4) is 0 Å². The molecule has 0 fully saturated rings. The van der Waals surface area contributed by atoms with Gasteiger partial charge in [0.15, 0.2) is 4.67 Å². The van der Waals surface area contributed by atoms with Crippen LogP contribution in [0.1, 0.15) is 16.1 Å². The van der Waals surface area contributed by atoms with Gasteiger partial charge in [0.25, 0.3) is 0 Å². The van der Waals surface area contributed by atoms with Crippen molar-refractivity contribution >= 4 is 43.5 Å². The Balaban J connectivity index is 2.13. The Morgan fingerprint density at radius 3 is 2.74 bits per heavy atom. The van der Waals surface area contributed by atoms with Gasteiger partial charge in [-0.3, -0.25) is 0 Å². The average Bonchev–Trinajstić information content (AvgIpc) is 2.75. The van der Waals surface area contributed by atoms with Gasteiger partial charge in [-0.1, -0.05) is 12.1 Å². The molecule has 0 atom stereocenters. The van der Waals surface area contributed by atoms with Gasteiger partial charge in [0.2, 0.25) is 0 Å². The molecule has 2 aromatic rings. The van der Waals surface area contributed by atoms with Gasteiger partial charge in [-0.25, -0.2) is 4.79 Å². The van der Waals surface area contributed by atoms with E-state index in [-0.39, 0.29) is 5.97 Å². The van der Waals surface area contributed by atoms with E-state index in [0.29, 0.717) is 22.5 Å². The molecule has 6 heteroatoms. The van der Waals surface area contributed by atoms with Crippen LogP contribution in [0.2, 0.25) is 0 Å². The number of nitrogens with one attached hydrogen (secondary N) is 1. The van der Waals surface area contributed by atoms with Crippen LogP contribution >= 0.6 is 31.9 Å². The number of esters is 1. The number of furan rings is 1. The summed E-state index contributed by atoms with van der Waals surface area (Å²) in [7, 11) is 1.36. The Kier molecular flexibility index (Phi) is 4.66. The van der Waals surface area contributed by atoms with E-state index in [1.165, 1.54) is 7.11 Å². The highest BCUT2D eigenvalue weighted by Gasteiger charge is 2.11. The highest BCUT2D eigenvalue weighted by molar-refractivity contribution is 9.13. The molecule has 0 saturated carbocycles. The van der Waals surface area contributed by atoms with Gasteiger partial charge in [-0.05, 0) is 50.1 Å². The predicted octanol–water partition coefficient (Wildman–Crippen LogP) is 4.20. The Morgan fingerprint density at radius 2 is 2.11 bits per heavy atom. The fourth-order valence-corrected chi connectivity index (χ4v) is 2.24. The summed E-state index contributed by atoms with van der Waals surface area (Å²) in [5, 5.41) is 3.15. The molecule has 0 saturated heterocycles. The molecule has 1 aromatic heterocycles. The van der Waals surface area contributed by atoms with Gasteiger partial charge in [0.1, 0.15) is 5.76 Å². The van der Waals surface area contributed by atoms with Gasteiger partial charge in [-0.2, -0.15) is 0 Å². The summed E-state index contributed by atoms with van der Waals surface area (Å²) in [6.07, 6.45) is 0. The molecule has 19 heavy (non-hydrogen) atoms. The second-order valence-electron chi connectivity index (χ2n) is 3.73.